The van der Waals surface area contributed by atoms with Crippen molar-refractivity contribution in [3.8, 4) is 0 Å². The third kappa shape index (κ3) is 4.19. The lowest BCUT2D eigenvalue weighted by atomic mass is 9.89. The van der Waals surface area contributed by atoms with Crippen LogP contribution in [-0.2, 0) is 9.53 Å². The zero-order valence-electron chi connectivity index (χ0n) is 13.0. The van der Waals surface area contributed by atoms with E-state index in [9.17, 15) is 4.79 Å². The van der Waals surface area contributed by atoms with Gasteiger partial charge < -0.3 is 15.4 Å². The van der Waals surface area contributed by atoms with E-state index >= 15 is 0 Å². The summed E-state index contributed by atoms with van der Waals surface area (Å²) in [5.74, 6) is 0.915. The fourth-order valence-electron chi connectivity index (χ4n) is 3.20. The maximum Gasteiger partial charge on any atom is 0.228 e. The molecule has 1 aromatic heterocycles. The van der Waals surface area contributed by atoms with Gasteiger partial charge in [0.1, 0.15) is 5.82 Å². The summed E-state index contributed by atoms with van der Waals surface area (Å²) < 4.78 is 5.58. The topological polar surface area (TPSA) is 63.2 Å². The predicted octanol–water partition coefficient (Wildman–Crippen LogP) is 3.19. The summed E-state index contributed by atoms with van der Waals surface area (Å²) in [5.41, 5.74) is 0.964. The van der Waals surface area contributed by atoms with E-state index in [1.165, 1.54) is 6.42 Å². The van der Waals surface area contributed by atoms with Crippen molar-refractivity contribution in [2.75, 3.05) is 23.8 Å². The van der Waals surface area contributed by atoms with Crippen LogP contribution in [0.3, 0.4) is 0 Å². The zero-order chi connectivity index (χ0) is 15.2. The highest BCUT2D eigenvalue weighted by atomic mass is 16.5. The molecule has 1 aromatic rings. The lowest BCUT2D eigenvalue weighted by Crippen LogP contribution is -2.25. The molecule has 5 heteroatoms. The molecule has 0 aromatic carbocycles. The van der Waals surface area contributed by atoms with E-state index in [0.29, 0.717) is 11.9 Å². The number of carbonyl (C=O) groups excluding carboxylic acids is 1. The molecular formula is C17H25N3O2. The molecule has 22 heavy (non-hydrogen) atoms. The molecule has 1 aliphatic carbocycles. The van der Waals surface area contributed by atoms with Crippen molar-refractivity contribution in [3.63, 3.8) is 0 Å². The fourth-order valence-corrected chi connectivity index (χ4v) is 3.20. The predicted molar refractivity (Wildman–Crippen MR) is 86.9 cm³/mol. The highest BCUT2D eigenvalue weighted by Crippen LogP contribution is 2.24. The Kier molecular flexibility index (Phi) is 5.27. The van der Waals surface area contributed by atoms with Crippen LogP contribution in [0.5, 0.6) is 0 Å². The summed E-state index contributed by atoms with van der Waals surface area (Å²) in [6, 6.07) is 3.82. The first-order valence-electron chi connectivity index (χ1n) is 8.43. The van der Waals surface area contributed by atoms with Gasteiger partial charge in [-0.25, -0.2) is 4.98 Å². The molecule has 5 nitrogen and oxygen atoms in total. The van der Waals surface area contributed by atoms with E-state index in [-0.39, 0.29) is 11.8 Å². The molecule has 2 aliphatic rings. The minimum Gasteiger partial charge on any atom is -0.381 e. The summed E-state index contributed by atoms with van der Waals surface area (Å²) in [4.78, 5) is 16.5. The third-order valence-corrected chi connectivity index (χ3v) is 4.55. The molecule has 1 amide bonds. The number of pyridine rings is 1. The highest BCUT2D eigenvalue weighted by Gasteiger charge is 2.21. The number of hydrogen-bond acceptors (Lipinski definition) is 4. The molecule has 0 spiro atoms. The second-order valence-electron chi connectivity index (χ2n) is 6.27. The second-order valence-corrected chi connectivity index (χ2v) is 6.27. The number of rotatable bonds is 5. The Morgan fingerprint density at radius 3 is 2.73 bits per heavy atom. The van der Waals surface area contributed by atoms with Crippen molar-refractivity contribution in [2.45, 2.75) is 51.0 Å². The van der Waals surface area contributed by atoms with Crippen LogP contribution in [0, 0.1) is 5.92 Å². The van der Waals surface area contributed by atoms with E-state index in [2.05, 4.69) is 15.6 Å². The highest BCUT2D eigenvalue weighted by molar-refractivity contribution is 5.91. The first-order valence-corrected chi connectivity index (χ1v) is 8.43. The SMILES string of the molecule is O=C(Nc1ccc(NCC2CCCO2)cn1)C1CCCCC1. The standard InChI is InChI=1S/C17H25N3O2/c21-17(13-5-2-1-3-6-13)20-16-9-8-14(11-19-16)18-12-15-7-4-10-22-15/h8-9,11,13,15,18H,1-7,10,12H2,(H,19,20,21). The number of ether oxygens (including phenoxy) is 1. The second kappa shape index (κ2) is 7.58. The van der Waals surface area contributed by atoms with E-state index in [1.807, 2.05) is 12.1 Å². The van der Waals surface area contributed by atoms with Crippen LogP contribution in [0.15, 0.2) is 18.3 Å². The Morgan fingerprint density at radius 1 is 1.18 bits per heavy atom. The maximum absolute atomic E-state index is 12.2. The molecule has 2 heterocycles. The maximum atomic E-state index is 12.2. The Balaban J connectivity index is 1.47. The summed E-state index contributed by atoms with van der Waals surface area (Å²) in [7, 11) is 0. The van der Waals surface area contributed by atoms with Gasteiger partial charge >= 0.3 is 0 Å². The smallest absolute Gasteiger partial charge is 0.228 e. The van der Waals surface area contributed by atoms with Crippen LogP contribution in [0.25, 0.3) is 0 Å². The van der Waals surface area contributed by atoms with Crippen LogP contribution in [0.2, 0.25) is 0 Å². The van der Waals surface area contributed by atoms with Crippen LogP contribution in [0.4, 0.5) is 11.5 Å². The molecule has 0 bridgehead atoms. The fraction of sp³-hybridized carbons (Fsp3) is 0.647. The molecule has 1 saturated heterocycles. The molecule has 1 unspecified atom stereocenters. The summed E-state index contributed by atoms with van der Waals surface area (Å²) >= 11 is 0. The number of nitrogens with one attached hydrogen (secondary N) is 2. The summed E-state index contributed by atoms with van der Waals surface area (Å²) in [6.07, 6.45) is 9.95. The van der Waals surface area contributed by atoms with Crippen LogP contribution >= 0.6 is 0 Å². The zero-order valence-corrected chi connectivity index (χ0v) is 13.0. The van der Waals surface area contributed by atoms with E-state index < -0.39 is 0 Å². The number of hydrogen-bond donors (Lipinski definition) is 2. The lowest BCUT2D eigenvalue weighted by Gasteiger charge is -2.20. The quantitative estimate of drug-likeness (QED) is 0.877. The number of nitrogens with zero attached hydrogens (tertiary/aromatic N) is 1. The van der Waals surface area contributed by atoms with Crippen molar-refractivity contribution >= 4 is 17.4 Å². The minimum atomic E-state index is 0.118. The summed E-state index contributed by atoms with van der Waals surface area (Å²) in [5, 5.41) is 6.26. The summed E-state index contributed by atoms with van der Waals surface area (Å²) in [6.45, 7) is 1.69. The first-order chi connectivity index (χ1) is 10.8. The molecule has 2 N–H and O–H groups in total. The van der Waals surface area contributed by atoms with Gasteiger partial charge in [0.15, 0.2) is 0 Å². The Bertz CT molecular complexity index is 477. The molecule has 1 aliphatic heterocycles. The van der Waals surface area contributed by atoms with Gasteiger partial charge in [-0.3, -0.25) is 4.79 Å². The molecule has 1 saturated carbocycles. The number of aromatic nitrogens is 1. The number of amides is 1. The molecule has 1 atom stereocenters. The van der Waals surface area contributed by atoms with Gasteiger partial charge in [-0.15, -0.1) is 0 Å². The van der Waals surface area contributed by atoms with Crippen molar-refractivity contribution in [1.29, 1.82) is 0 Å². The molecule has 2 fully saturated rings. The average Bonchev–Trinajstić information content (AvgIpc) is 3.08. The molecule has 3 rings (SSSR count). The Labute approximate surface area is 131 Å². The minimum absolute atomic E-state index is 0.118. The Morgan fingerprint density at radius 2 is 2.05 bits per heavy atom. The number of anilines is 2. The van der Waals surface area contributed by atoms with Crippen molar-refractivity contribution in [1.82, 2.24) is 4.98 Å². The van der Waals surface area contributed by atoms with Crippen molar-refractivity contribution in [3.05, 3.63) is 18.3 Å². The van der Waals surface area contributed by atoms with Crippen molar-refractivity contribution in [2.24, 2.45) is 5.92 Å². The largest absolute Gasteiger partial charge is 0.381 e. The molecular weight excluding hydrogens is 278 g/mol. The van der Waals surface area contributed by atoms with Gasteiger partial charge in [0.2, 0.25) is 5.91 Å². The first kappa shape index (κ1) is 15.3. The average molecular weight is 303 g/mol. The van der Waals surface area contributed by atoms with E-state index in [4.69, 9.17) is 4.74 Å². The monoisotopic (exact) mass is 303 g/mol. The van der Waals surface area contributed by atoms with Crippen molar-refractivity contribution < 1.29 is 9.53 Å². The van der Waals surface area contributed by atoms with Crippen LogP contribution in [0.1, 0.15) is 44.9 Å². The van der Waals surface area contributed by atoms with Crippen LogP contribution in [-0.4, -0.2) is 30.1 Å². The molecule has 120 valence electrons. The van der Waals surface area contributed by atoms with Gasteiger partial charge in [-0.2, -0.15) is 0 Å². The van der Waals surface area contributed by atoms with E-state index in [1.54, 1.807) is 6.20 Å². The molecule has 0 radical (unpaired) electrons. The lowest BCUT2D eigenvalue weighted by molar-refractivity contribution is -0.120. The third-order valence-electron chi connectivity index (χ3n) is 4.55. The van der Waals surface area contributed by atoms with E-state index in [0.717, 1.165) is 57.4 Å². The van der Waals surface area contributed by atoms with Gasteiger partial charge in [0.05, 0.1) is 18.0 Å². The Hall–Kier alpha value is -1.62. The van der Waals surface area contributed by atoms with Gasteiger partial charge in [0, 0.05) is 19.1 Å². The normalized spacial score (nSPS) is 22.5. The number of carbonyl (C=O) groups is 1. The van der Waals surface area contributed by atoms with Gasteiger partial charge in [0.25, 0.3) is 0 Å². The van der Waals surface area contributed by atoms with Gasteiger partial charge in [-0.1, -0.05) is 19.3 Å². The van der Waals surface area contributed by atoms with Gasteiger partial charge in [-0.05, 0) is 37.8 Å². The van der Waals surface area contributed by atoms with Crippen LogP contribution < -0.4 is 10.6 Å².